The van der Waals surface area contributed by atoms with Crippen LogP contribution in [-0.2, 0) is 7.05 Å². The molecule has 3 aromatic heterocycles. The normalized spacial score (nSPS) is 13.4. The Morgan fingerprint density at radius 1 is 0.818 bits per heavy atom. The van der Waals surface area contributed by atoms with Crippen molar-refractivity contribution in [2.75, 3.05) is 0 Å². The zero-order chi connectivity index (χ0) is 25.2. The maximum Gasteiger partial charge on any atom is 0.227 e. The number of benzene rings is 3. The van der Waals surface area contributed by atoms with Crippen molar-refractivity contribution in [1.82, 2.24) is 4.98 Å². The highest BCUT2D eigenvalue weighted by Gasteiger charge is 2.20. The van der Waals surface area contributed by atoms with E-state index in [0.29, 0.717) is 16.8 Å². The standard InChI is InChI=1S/C30H25N2O/c1-18-9-8-12-22-14-26-25-13-19(2)24(16-28(25)33-30(26)31-29(18)22)27-15-23(20(3)17-32(27)4)21-10-6-5-7-11-21/h5-17H,1-4H3/q+1/i3D3. The summed E-state index contributed by atoms with van der Waals surface area (Å²) in [4.78, 5) is 4.82. The molecule has 0 saturated heterocycles. The summed E-state index contributed by atoms with van der Waals surface area (Å²) in [5.74, 6) is 0. The molecule has 3 heteroatoms. The van der Waals surface area contributed by atoms with Gasteiger partial charge >= 0.3 is 0 Å². The third-order valence-electron chi connectivity index (χ3n) is 6.47. The van der Waals surface area contributed by atoms with E-state index in [-0.39, 0.29) is 0 Å². The predicted molar refractivity (Wildman–Crippen MR) is 135 cm³/mol. The molecule has 0 unspecified atom stereocenters. The van der Waals surface area contributed by atoms with Gasteiger partial charge in [0.25, 0.3) is 0 Å². The summed E-state index contributed by atoms with van der Waals surface area (Å²) in [5, 5.41) is 3.10. The molecule has 33 heavy (non-hydrogen) atoms. The minimum absolute atomic E-state index is 0.327. The van der Waals surface area contributed by atoms with Crippen LogP contribution in [0.2, 0.25) is 0 Å². The van der Waals surface area contributed by atoms with Crippen molar-refractivity contribution in [2.24, 2.45) is 7.05 Å². The predicted octanol–water partition coefficient (Wildman–Crippen LogP) is 7.22. The molecule has 0 saturated carbocycles. The monoisotopic (exact) mass is 432 g/mol. The van der Waals surface area contributed by atoms with Crippen LogP contribution in [0.5, 0.6) is 0 Å². The lowest BCUT2D eigenvalue weighted by Gasteiger charge is -2.10. The molecule has 3 aromatic carbocycles. The van der Waals surface area contributed by atoms with E-state index in [2.05, 4.69) is 38.1 Å². The summed E-state index contributed by atoms with van der Waals surface area (Å²) in [6.45, 7) is 1.90. The van der Waals surface area contributed by atoms with Gasteiger partial charge in [0, 0.05) is 31.9 Å². The maximum absolute atomic E-state index is 8.12. The molecule has 0 fully saturated rings. The number of pyridine rings is 2. The second-order valence-electron chi connectivity index (χ2n) is 8.72. The first-order valence-electron chi connectivity index (χ1n) is 12.5. The summed E-state index contributed by atoms with van der Waals surface area (Å²) in [7, 11) is 1.89. The van der Waals surface area contributed by atoms with Crippen molar-refractivity contribution in [3.05, 3.63) is 95.7 Å². The van der Waals surface area contributed by atoms with Gasteiger partial charge in [0.1, 0.15) is 12.6 Å². The molecule has 3 heterocycles. The van der Waals surface area contributed by atoms with Crippen molar-refractivity contribution in [3.8, 4) is 22.4 Å². The minimum atomic E-state index is -2.23. The molecule has 3 nitrogen and oxygen atoms in total. The third kappa shape index (κ3) is 3.12. The Labute approximate surface area is 197 Å². The molecule has 0 radical (unpaired) electrons. The smallest absolute Gasteiger partial charge is 0.227 e. The van der Waals surface area contributed by atoms with E-state index in [0.717, 1.165) is 55.2 Å². The van der Waals surface area contributed by atoms with E-state index in [1.54, 1.807) is 6.20 Å². The highest BCUT2D eigenvalue weighted by Crippen LogP contribution is 2.36. The van der Waals surface area contributed by atoms with Gasteiger partial charge in [-0.05, 0) is 61.2 Å². The number of nitrogens with zero attached hydrogens (tertiary/aromatic N) is 2. The second kappa shape index (κ2) is 7.28. The van der Waals surface area contributed by atoms with Crippen molar-refractivity contribution in [3.63, 3.8) is 0 Å². The number of rotatable bonds is 2. The van der Waals surface area contributed by atoms with E-state index in [4.69, 9.17) is 13.5 Å². The SMILES string of the molecule is [2H]C([2H])([2H])c1c[n+](C)c(-c2cc3oc4nc5c(C)cccc5cc4c3cc2C)cc1-c1ccccc1. The number of hydrogen-bond donors (Lipinski definition) is 0. The first-order valence-corrected chi connectivity index (χ1v) is 11.0. The zero-order valence-corrected chi connectivity index (χ0v) is 18.8. The Morgan fingerprint density at radius 3 is 2.48 bits per heavy atom. The quantitative estimate of drug-likeness (QED) is 0.270. The maximum atomic E-state index is 8.12. The van der Waals surface area contributed by atoms with E-state index < -0.39 is 6.85 Å². The second-order valence-corrected chi connectivity index (χ2v) is 8.72. The lowest BCUT2D eigenvalue weighted by Crippen LogP contribution is -2.31. The molecule has 0 aliphatic heterocycles. The summed E-state index contributed by atoms with van der Waals surface area (Å²) in [5.41, 5.74) is 8.31. The van der Waals surface area contributed by atoms with Crippen molar-refractivity contribution in [1.29, 1.82) is 0 Å². The molecule has 0 atom stereocenters. The largest absolute Gasteiger partial charge is 0.438 e. The lowest BCUT2D eigenvalue weighted by atomic mass is 9.96. The van der Waals surface area contributed by atoms with Gasteiger partial charge in [0.2, 0.25) is 11.4 Å². The Hall–Kier alpha value is -3.98. The molecule has 160 valence electrons. The first kappa shape index (κ1) is 16.6. The topological polar surface area (TPSA) is 29.9 Å². The lowest BCUT2D eigenvalue weighted by molar-refractivity contribution is -0.660. The fourth-order valence-corrected chi connectivity index (χ4v) is 4.74. The van der Waals surface area contributed by atoms with Crippen LogP contribution in [0.3, 0.4) is 0 Å². The minimum Gasteiger partial charge on any atom is -0.438 e. The first-order chi connectivity index (χ1) is 17.2. The molecule has 0 bridgehead atoms. The zero-order valence-electron chi connectivity index (χ0n) is 21.8. The molecule has 0 spiro atoms. The number of furan rings is 1. The Balaban J connectivity index is 1.60. The molecule has 6 aromatic rings. The molecule has 0 aliphatic carbocycles. The van der Waals surface area contributed by atoms with Crippen LogP contribution >= 0.6 is 0 Å². The summed E-state index contributed by atoms with van der Waals surface area (Å²) in [6, 6.07) is 24.2. The van der Waals surface area contributed by atoms with Crippen LogP contribution in [0.4, 0.5) is 0 Å². The number of fused-ring (bicyclic) bond motifs is 4. The van der Waals surface area contributed by atoms with E-state index in [1.165, 1.54) is 0 Å². The van der Waals surface area contributed by atoms with Gasteiger partial charge in [-0.1, -0.05) is 48.5 Å². The molecule has 0 N–H and O–H groups in total. The van der Waals surface area contributed by atoms with Gasteiger partial charge in [0.15, 0.2) is 6.20 Å². The summed E-state index contributed by atoms with van der Waals surface area (Å²) in [6.07, 6.45) is 1.73. The van der Waals surface area contributed by atoms with Crippen LogP contribution in [0, 0.1) is 20.7 Å². The van der Waals surface area contributed by atoms with Crippen LogP contribution in [-0.4, -0.2) is 4.98 Å². The molecule has 6 rings (SSSR count). The van der Waals surface area contributed by atoms with Gasteiger partial charge in [0.05, 0.1) is 11.1 Å². The van der Waals surface area contributed by atoms with Gasteiger partial charge < -0.3 is 4.42 Å². The third-order valence-corrected chi connectivity index (χ3v) is 6.47. The van der Waals surface area contributed by atoms with Gasteiger partial charge in [-0.2, -0.15) is 0 Å². The molecule has 0 aliphatic rings. The fraction of sp³-hybridized carbons (Fsp3) is 0.133. The van der Waals surface area contributed by atoms with Crippen molar-refractivity contribution >= 4 is 33.0 Å². The fourth-order valence-electron chi connectivity index (χ4n) is 4.74. The highest BCUT2D eigenvalue weighted by molar-refractivity contribution is 6.08. The van der Waals surface area contributed by atoms with E-state index in [9.17, 15) is 0 Å². The molecular formula is C30H25N2O+. The molecule has 0 amide bonds. The average Bonchev–Trinajstić information content (AvgIpc) is 3.19. The Bertz CT molecular complexity index is 1800. The van der Waals surface area contributed by atoms with Crippen LogP contribution in [0.15, 0.2) is 83.4 Å². The van der Waals surface area contributed by atoms with Gasteiger partial charge in [-0.3, -0.25) is 0 Å². The number of para-hydroxylation sites is 1. The summed E-state index contributed by atoms with van der Waals surface area (Å²) < 4.78 is 32.5. The number of aryl methyl sites for hydroxylation is 4. The van der Waals surface area contributed by atoms with E-state index >= 15 is 0 Å². The van der Waals surface area contributed by atoms with Crippen LogP contribution < -0.4 is 4.57 Å². The Morgan fingerprint density at radius 2 is 1.67 bits per heavy atom. The molecular weight excluding hydrogens is 404 g/mol. The average molecular weight is 433 g/mol. The number of aromatic nitrogens is 2. The number of hydrogen-bond acceptors (Lipinski definition) is 2. The van der Waals surface area contributed by atoms with E-state index in [1.807, 2.05) is 60.1 Å². The van der Waals surface area contributed by atoms with Crippen LogP contribution in [0.1, 0.15) is 20.8 Å². The summed E-state index contributed by atoms with van der Waals surface area (Å²) >= 11 is 0. The van der Waals surface area contributed by atoms with Gasteiger partial charge in [-0.25, -0.2) is 9.55 Å². The van der Waals surface area contributed by atoms with Crippen LogP contribution in [0.25, 0.3) is 55.4 Å². The Kier molecular flexibility index (Phi) is 3.67. The highest BCUT2D eigenvalue weighted by atomic mass is 16.3. The van der Waals surface area contributed by atoms with Crippen molar-refractivity contribution < 1.29 is 13.1 Å². The van der Waals surface area contributed by atoms with Crippen molar-refractivity contribution in [2.45, 2.75) is 20.7 Å². The van der Waals surface area contributed by atoms with Gasteiger partial charge in [-0.15, -0.1) is 0 Å².